The molecule has 4 unspecified atom stereocenters. The smallest absolute Gasteiger partial charge is 0.407 e. The van der Waals surface area contributed by atoms with E-state index in [2.05, 4.69) is 35.9 Å². The molecule has 0 bridgehead atoms. The Balaban J connectivity index is 1.11. The molecule has 4 atom stereocenters. The molecule has 0 saturated carbocycles. The molecule has 15 nitrogen and oxygen atoms in total. The van der Waals surface area contributed by atoms with Crippen molar-refractivity contribution in [3.8, 4) is 33.6 Å². The number of methoxy groups -OCH3 is 1. The first-order valence-corrected chi connectivity index (χ1v) is 17.9. The molecule has 6 rings (SSSR count). The molecule has 0 radical (unpaired) electrons. The van der Waals surface area contributed by atoms with Crippen LogP contribution in [0.4, 0.5) is 9.59 Å². The van der Waals surface area contributed by atoms with Gasteiger partial charge in [-0.25, -0.2) is 19.6 Å². The molecule has 4 amide bonds. The normalized spacial score (nSPS) is 18.3. The monoisotopic (exact) mass is 725 g/mol. The van der Waals surface area contributed by atoms with E-state index in [0.29, 0.717) is 31.4 Å². The van der Waals surface area contributed by atoms with E-state index >= 15 is 0 Å². The summed E-state index contributed by atoms with van der Waals surface area (Å²) in [6.07, 6.45) is 3.23. The molecule has 2 fully saturated rings. The number of rotatable bonds is 11. The van der Waals surface area contributed by atoms with Gasteiger partial charge in [0.15, 0.2) is 0 Å². The van der Waals surface area contributed by atoms with Crippen molar-refractivity contribution in [2.24, 2.45) is 11.8 Å². The first-order valence-electron chi connectivity index (χ1n) is 17.9. The highest BCUT2D eigenvalue weighted by molar-refractivity contribution is 5.87. The van der Waals surface area contributed by atoms with Gasteiger partial charge in [-0.15, -0.1) is 0 Å². The molecule has 2 aliphatic heterocycles. The number of ether oxygens (including phenoxy) is 1. The van der Waals surface area contributed by atoms with Crippen LogP contribution < -0.4 is 16.0 Å². The van der Waals surface area contributed by atoms with Crippen LogP contribution >= 0.6 is 0 Å². The van der Waals surface area contributed by atoms with Gasteiger partial charge in [0.25, 0.3) is 0 Å². The fraction of sp³-hybridized carbons (Fsp3) is 0.421. The van der Waals surface area contributed by atoms with E-state index in [4.69, 9.17) is 4.74 Å². The highest BCUT2D eigenvalue weighted by Gasteiger charge is 2.39. The number of carbonyl (C=O) groups is 4. The summed E-state index contributed by atoms with van der Waals surface area (Å²) in [5, 5.41) is 17.6. The van der Waals surface area contributed by atoms with Gasteiger partial charge in [0.1, 0.15) is 29.8 Å². The highest BCUT2D eigenvalue weighted by Crippen LogP contribution is 2.34. The minimum absolute atomic E-state index is 0.135. The summed E-state index contributed by atoms with van der Waals surface area (Å²) < 4.78 is 4.73. The van der Waals surface area contributed by atoms with Gasteiger partial charge in [0.05, 0.1) is 43.6 Å². The molecule has 2 aliphatic rings. The highest BCUT2D eigenvalue weighted by atomic mass is 16.5. The second kappa shape index (κ2) is 15.9. The Kier molecular flexibility index (Phi) is 11.1. The molecule has 6 N–H and O–H groups in total. The van der Waals surface area contributed by atoms with Crippen molar-refractivity contribution in [2.45, 2.75) is 64.7 Å². The van der Waals surface area contributed by atoms with Gasteiger partial charge >= 0.3 is 12.2 Å². The lowest BCUT2D eigenvalue weighted by Crippen LogP contribution is -2.51. The molecular weight excluding hydrogens is 678 g/mol. The number of nitrogens with zero attached hydrogens (tertiary/aromatic N) is 4. The predicted octanol–water partition coefficient (Wildman–Crippen LogP) is 4.90. The first kappa shape index (κ1) is 37.1. The Bertz CT molecular complexity index is 1920. The van der Waals surface area contributed by atoms with Gasteiger partial charge in [-0.05, 0) is 46.9 Å². The minimum Gasteiger partial charge on any atom is -0.465 e. The summed E-state index contributed by atoms with van der Waals surface area (Å²) in [5.74, 6) is 0.576. The number of likely N-dealkylation sites (tertiary alicyclic amines) is 1. The number of carboxylic acid groups (broad SMARTS) is 1. The van der Waals surface area contributed by atoms with E-state index in [9.17, 15) is 24.3 Å². The molecule has 2 aromatic carbocycles. The van der Waals surface area contributed by atoms with Crippen molar-refractivity contribution in [1.82, 2.24) is 45.7 Å². The second-order valence-corrected chi connectivity index (χ2v) is 14.2. The molecule has 15 heteroatoms. The molecule has 0 spiro atoms. The van der Waals surface area contributed by atoms with Crippen LogP contribution in [0.25, 0.3) is 33.6 Å². The van der Waals surface area contributed by atoms with E-state index < -0.39 is 24.3 Å². The Morgan fingerprint density at radius 1 is 0.755 bits per heavy atom. The van der Waals surface area contributed by atoms with Crippen LogP contribution in [-0.2, 0) is 14.3 Å². The van der Waals surface area contributed by atoms with Gasteiger partial charge in [-0.3, -0.25) is 14.9 Å². The molecule has 4 aromatic rings. The third-order valence-electron chi connectivity index (χ3n) is 9.97. The Hall–Kier alpha value is -5.70. The number of aromatic amines is 2. The summed E-state index contributed by atoms with van der Waals surface area (Å²) in [6, 6.07) is 14.2. The van der Waals surface area contributed by atoms with Gasteiger partial charge < -0.3 is 40.2 Å². The summed E-state index contributed by atoms with van der Waals surface area (Å²) in [6.45, 7) is 8.82. The zero-order chi connectivity index (χ0) is 37.8. The number of carbonyl (C=O) groups excluding carboxylic acids is 3. The van der Waals surface area contributed by atoms with Crippen molar-refractivity contribution in [3.63, 3.8) is 0 Å². The molecule has 53 heavy (non-hydrogen) atoms. The van der Waals surface area contributed by atoms with Crippen LogP contribution in [0.15, 0.2) is 60.9 Å². The number of benzene rings is 2. The molecule has 280 valence electrons. The molecular formula is C38H47N9O6. The average molecular weight is 726 g/mol. The maximum atomic E-state index is 13.5. The third-order valence-corrected chi connectivity index (χ3v) is 9.97. The molecule has 2 saturated heterocycles. The number of hydrogen-bond donors (Lipinski definition) is 6. The van der Waals surface area contributed by atoms with Crippen molar-refractivity contribution in [2.75, 3.05) is 26.9 Å². The maximum Gasteiger partial charge on any atom is 0.407 e. The number of aromatic nitrogens is 4. The predicted molar refractivity (Wildman–Crippen MR) is 197 cm³/mol. The Morgan fingerprint density at radius 3 is 1.75 bits per heavy atom. The Labute approximate surface area is 307 Å². The standard InChI is InChI=1S/C38H47N9O6/c1-21(2)31(44-37(50)51)35(48)46-16-6-7-29(46)33-40-17-27(42-33)25-12-8-23(9-13-25)24-10-14-26(15-11-24)28-18-41-34(43-28)30-19-39-20-47(30)36(49)32(22(3)4)45-38(52)53-5/h8-15,17-18,21-22,29-32,39,44H,6-7,16,19-20H2,1-5H3,(H,40,42)(H,41,43)(H,45,52)(H,50,51). The summed E-state index contributed by atoms with van der Waals surface area (Å²) >= 11 is 0. The first-order chi connectivity index (χ1) is 25.4. The maximum absolute atomic E-state index is 13.5. The number of alkyl carbamates (subject to hydrolysis) is 1. The van der Waals surface area contributed by atoms with Gasteiger partial charge in [0, 0.05) is 13.1 Å². The zero-order valence-corrected chi connectivity index (χ0v) is 30.6. The van der Waals surface area contributed by atoms with Crippen molar-refractivity contribution in [1.29, 1.82) is 0 Å². The summed E-state index contributed by atoms with van der Waals surface area (Å²) in [7, 11) is 1.27. The lowest BCUT2D eigenvalue weighted by Gasteiger charge is -2.29. The largest absolute Gasteiger partial charge is 0.465 e. The molecule has 2 aromatic heterocycles. The average Bonchev–Trinajstić information content (AvgIpc) is 3.98. The zero-order valence-electron chi connectivity index (χ0n) is 30.6. The van der Waals surface area contributed by atoms with Crippen molar-refractivity contribution in [3.05, 3.63) is 72.6 Å². The summed E-state index contributed by atoms with van der Waals surface area (Å²) in [5.41, 5.74) is 5.63. The van der Waals surface area contributed by atoms with Gasteiger partial charge in [-0.1, -0.05) is 76.2 Å². The lowest BCUT2D eigenvalue weighted by molar-refractivity contribution is -0.136. The van der Waals surface area contributed by atoms with Crippen LogP contribution in [-0.4, -0.2) is 97.8 Å². The second-order valence-electron chi connectivity index (χ2n) is 14.2. The fourth-order valence-corrected chi connectivity index (χ4v) is 7.03. The number of amides is 4. The van der Waals surface area contributed by atoms with Gasteiger partial charge in [0.2, 0.25) is 11.8 Å². The SMILES string of the molecule is COC(=O)NC(C(=O)N1CNCC1c1ncc(-c2ccc(-c3ccc(-c4cnc(C5CCCN5C(=O)C(NC(=O)O)C(C)C)[nH]4)cc3)cc2)[nH]1)C(C)C. The van der Waals surface area contributed by atoms with E-state index in [1.54, 1.807) is 22.2 Å². The van der Waals surface area contributed by atoms with E-state index in [1.165, 1.54) is 7.11 Å². The van der Waals surface area contributed by atoms with Crippen LogP contribution in [0.1, 0.15) is 64.3 Å². The van der Waals surface area contributed by atoms with Crippen LogP contribution in [0, 0.1) is 11.8 Å². The number of nitrogens with one attached hydrogen (secondary N) is 5. The van der Waals surface area contributed by atoms with E-state index in [-0.39, 0.29) is 35.7 Å². The topological polar surface area (TPSA) is 198 Å². The molecule has 4 heterocycles. The number of hydrogen-bond acceptors (Lipinski definition) is 8. The van der Waals surface area contributed by atoms with Crippen molar-refractivity contribution >= 4 is 24.0 Å². The minimum atomic E-state index is -1.21. The lowest BCUT2D eigenvalue weighted by atomic mass is 10.0. The Morgan fingerprint density at radius 2 is 1.25 bits per heavy atom. The number of imidazole rings is 2. The van der Waals surface area contributed by atoms with Crippen LogP contribution in [0.2, 0.25) is 0 Å². The van der Waals surface area contributed by atoms with Gasteiger partial charge in [-0.2, -0.15) is 0 Å². The fourth-order valence-electron chi connectivity index (χ4n) is 7.03. The van der Waals surface area contributed by atoms with Crippen LogP contribution in [0.5, 0.6) is 0 Å². The quantitative estimate of drug-likeness (QED) is 0.125. The van der Waals surface area contributed by atoms with Crippen LogP contribution in [0.3, 0.4) is 0 Å². The molecule has 0 aliphatic carbocycles. The van der Waals surface area contributed by atoms with E-state index in [0.717, 1.165) is 46.5 Å². The number of H-pyrrole nitrogens is 2. The van der Waals surface area contributed by atoms with Crippen molar-refractivity contribution < 1.29 is 29.0 Å². The summed E-state index contributed by atoms with van der Waals surface area (Å²) in [4.78, 5) is 69.5. The third kappa shape index (κ3) is 8.04. The van der Waals surface area contributed by atoms with E-state index in [1.807, 2.05) is 76.2 Å².